The number of hydrogen-bond donors (Lipinski definition) is 4. The van der Waals surface area contributed by atoms with Crippen LogP contribution in [0.5, 0.6) is 5.75 Å². The molecule has 0 atom stereocenters. The average Bonchev–Trinajstić information content (AvgIpc) is 2.50. The standard InChI is InChI=1S/C16H22N6O/c1-10-13-9-12(23)3-4-14(13)20-16(18-10)21-15(17)19-11-5-7-22(2)8-6-11/h3-4,9,11,23H,5-8H2,1-2H3,(H3,17,18,19,20,21). The van der Waals surface area contributed by atoms with Gasteiger partial charge in [-0.05, 0) is 58.1 Å². The van der Waals surface area contributed by atoms with E-state index in [2.05, 4.69) is 32.5 Å². The summed E-state index contributed by atoms with van der Waals surface area (Å²) in [5.74, 6) is 0.810. The Morgan fingerprint density at radius 3 is 2.78 bits per heavy atom. The molecule has 1 aromatic heterocycles. The first-order valence-corrected chi connectivity index (χ1v) is 7.79. The van der Waals surface area contributed by atoms with Crippen LogP contribution in [0.25, 0.3) is 10.9 Å². The number of fused-ring (bicyclic) bond motifs is 1. The van der Waals surface area contributed by atoms with Crippen molar-refractivity contribution in [2.75, 3.05) is 25.5 Å². The first-order chi connectivity index (χ1) is 11.0. The van der Waals surface area contributed by atoms with Crippen LogP contribution in [-0.2, 0) is 0 Å². The number of phenolic OH excluding ortho intramolecular Hbond substituents is 1. The summed E-state index contributed by atoms with van der Waals surface area (Å²) in [6.45, 7) is 3.95. The molecule has 122 valence electrons. The summed E-state index contributed by atoms with van der Waals surface area (Å²) in [7, 11) is 2.11. The van der Waals surface area contributed by atoms with Crippen LogP contribution in [0, 0.1) is 12.3 Å². The summed E-state index contributed by atoms with van der Waals surface area (Å²) < 4.78 is 0. The Labute approximate surface area is 135 Å². The van der Waals surface area contributed by atoms with Gasteiger partial charge in [0.1, 0.15) is 5.75 Å². The average molecular weight is 314 g/mol. The maximum absolute atomic E-state index is 9.55. The van der Waals surface area contributed by atoms with Gasteiger partial charge in [-0.2, -0.15) is 0 Å². The lowest BCUT2D eigenvalue weighted by molar-refractivity contribution is 0.247. The Hall–Kier alpha value is -2.41. The number of aryl methyl sites for hydroxylation is 1. The van der Waals surface area contributed by atoms with Crippen LogP contribution in [-0.4, -0.2) is 52.1 Å². The molecule has 0 saturated carbocycles. The summed E-state index contributed by atoms with van der Waals surface area (Å²) in [5, 5.41) is 24.5. The molecule has 7 heteroatoms. The van der Waals surface area contributed by atoms with Crippen molar-refractivity contribution in [1.82, 2.24) is 20.2 Å². The Kier molecular flexibility index (Phi) is 4.29. The normalized spacial score (nSPS) is 16.4. The minimum absolute atomic E-state index is 0.196. The Balaban J connectivity index is 1.69. The molecule has 1 aromatic carbocycles. The van der Waals surface area contributed by atoms with Gasteiger partial charge in [-0.25, -0.2) is 9.97 Å². The van der Waals surface area contributed by atoms with Gasteiger partial charge in [0.2, 0.25) is 5.95 Å². The molecule has 1 aliphatic heterocycles. The number of phenols is 1. The van der Waals surface area contributed by atoms with Gasteiger partial charge >= 0.3 is 0 Å². The van der Waals surface area contributed by atoms with E-state index in [1.807, 2.05) is 6.92 Å². The van der Waals surface area contributed by atoms with E-state index in [4.69, 9.17) is 5.41 Å². The highest BCUT2D eigenvalue weighted by molar-refractivity contribution is 5.91. The molecule has 1 saturated heterocycles. The van der Waals surface area contributed by atoms with Crippen LogP contribution in [0.15, 0.2) is 18.2 Å². The summed E-state index contributed by atoms with van der Waals surface area (Å²) in [6.07, 6.45) is 2.05. The predicted octanol–water partition coefficient (Wildman–Crippen LogP) is 1.67. The van der Waals surface area contributed by atoms with Crippen LogP contribution in [0.4, 0.5) is 5.95 Å². The van der Waals surface area contributed by atoms with Crippen molar-refractivity contribution in [3.63, 3.8) is 0 Å². The number of nitrogens with zero attached hydrogens (tertiary/aromatic N) is 3. The summed E-state index contributed by atoms with van der Waals surface area (Å²) in [4.78, 5) is 11.1. The van der Waals surface area contributed by atoms with Crippen molar-refractivity contribution in [3.05, 3.63) is 23.9 Å². The number of anilines is 1. The second kappa shape index (κ2) is 6.37. The lowest BCUT2D eigenvalue weighted by atomic mass is 10.1. The van der Waals surface area contributed by atoms with Crippen molar-refractivity contribution in [3.8, 4) is 5.75 Å². The second-order valence-electron chi connectivity index (χ2n) is 6.06. The van der Waals surface area contributed by atoms with Gasteiger partial charge in [0.05, 0.1) is 11.2 Å². The molecule has 7 nitrogen and oxygen atoms in total. The summed E-state index contributed by atoms with van der Waals surface area (Å²) >= 11 is 0. The molecule has 23 heavy (non-hydrogen) atoms. The third-order valence-corrected chi connectivity index (χ3v) is 4.17. The SMILES string of the molecule is Cc1nc(NC(=N)NC2CCN(C)CC2)nc2ccc(O)cc12. The molecule has 3 rings (SSSR count). The van der Waals surface area contributed by atoms with Crippen molar-refractivity contribution in [1.29, 1.82) is 5.41 Å². The maximum atomic E-state index is 9.55. The first kappa shape index (κ1) is 15.5. The fourth-order valence-corrected chi connectivity index (χ4v) is 2.83. The number of aromatic hydroxyl groups is 1. The zero-order valence-corrected chi connectivity index (χ0v) is 13.4. The minimum Gasteiger partial charge on any atom is -0.508 e. The minimum atomic E-state index is 0.196. The number of aromatic nitrogens is 2. The predicted molar refractivity (Wildman–Crippen MR) is 90.9 cm³/mol. The quantitative estimate of drug-likeness (QED) is 0.497. The Morgan fingerprint density at radius 2 is 2.04 bits per heavy atom. The van der Waals surface area contributed by atoms with Crippen LogP contribution >= 0.6 is 0 Å². The molecule has 1 aliphatic rings. The van der Waals surface area contributed by atoms with Crippen LogP contribution in [0.2, 0.25) is 0 Å². The molecule has 0 aliphatic carbocycles. The third-order valence-electron chi connectivity index (χ3n) is 4.17. The summed E-state index contributed by atoms with van der Waals surface area (Å²) in [5.41, 5.74) is 1.50. The molecule has 2 heterocycles. The number of benzene rings is 1. The van der Waals surface area contributed by atoms with Gasteiger partial charge in [-0.15, -0.1) is 0 Å². The largest absolute Gasteiger partial charge is 0.508 e. The van der Waals surface area contributed by atoms with E-state index in [0.717, 1.165) is 42.5 Å². The lowest BCUT2D eigenvalue weighted by Gasteiger charge is -2.30. The van der Waals surface area contributed by atoms with E-state index in [1.165, 1.54) is 0 Å². The topological polar surface area (TPSA) is 97.2 Å². The van der Waals surface area contributed by atoms with Crippen molar-refractivity contribution < 1.29 is 5.11 Å². The molecule has 0 unspecified atom stereocenters. The van der Waals surface area contributed by atoms with Gasteiger partial charge < -0.3 is 15.3 Å². The van der Waals surface area contributed by atoms with E-state index in [0.29, 0.717) is 12.0 Å². The zero-order valence-electron chi connectivity index (χ0n) is 13.4. The second-order valence-corrected chi connectivity index (χ2v) is 6.06. The molecular weight excluding hydrogens is 292 g/mol. The smallest absolute Gasteiger partial charge is 0.230 e. The highest BCUT2D eigenvalue weighted by Gasteiger charge is 2.17. The fourth-order valence-electron chi connectivity index (χ4n) is 2.83. The van der Waals surface area contributed by atoms with Crippen molar-refractivity contribution in [2.24, 2.45) is 0 Å². The van der Waals surface area contributed by atoms with E-state index < -0.39 is 0 Å². The van der Waals surface area contributed by atoms with Crippen LogP contribution < -0.4 is 10.6 Å². The fraction of sp³-hybridized carbons (Fsp3) is 0.438. The number of rotatable bonds is 2. The zero-order chi connectivity index (χ0) is 16.4. The van der Waals surface area contributed by atoms with Crippen LogP contribution in [0.3, 0.4) is 0 Å². The third kappa shape index (κ3) is 3.68. The number of nitrogens with one attached hydrogen (secondary N) is 3. The van der Waals surface area contributed by atoms with E-state index in [9.17, 15) is 5.11 Å². The van der Waals surface area contributed by atoms with E-state index in [-0.39, 0.29) is 11.7 Å². The molecule has 0 bridgehead atoms. The molecule has 4 N–H and O–H groups in total. The molecule has 0 amide bonds. The number of piperidine rings is 1. The molecule has 1 fully saturated rings. The Bertz CT molecular complexity index is 724. The molecular formula is C16H22N6O. The van der Waals surface area contributed by atoms with E-state index in [1.54, 1.807) is 18.2 Å². The number of hydrogen-bond acceptors (Lipinski definition) is 5. The Morgan fingerprint density at radius 1 is 1.30 bits per heavy atom. The monoisotopic (exact) mass is 314 g/mol. The molecule has 2 aromatic rings. The first-order valence-electron chi connectivity index (χ1n) is 7.79. The van der Waals surface area contributed by atoms with Crippen LogP contribution in [0.1, 0.15) is 18.5 Å². The van der Waals surface area contributed by atoms with Crippen molar-refractivity contribution in [2.45, 2.75) is 25.8 Å². The van der Waals surface area contributed by atoms with Gasteiger partial charge in [-0.3, -0.25) is 10.7 Å². The number of guanidine groups is 1. The summed E-state index contributed by atoms with van der Waals surface area (Å²) in [6, 6.07) is 5.31. The highest BCUT2D eigenvalue weighted by atomic mass is 16.3. The van der Waals surface area contributed by atoms with Gasteiger partial charge in [0, 0.05) is 11.4 Å². The number of likely N-dealkylation sites (tertiary alicyclic amines) is 1. The van der Waals surface area contributed by atoms with Gasteiger partial charge in [-0.1, -0.05) is 0 Å². The molecule has 0 radical (unpaired) electrons. The van der Waals surface area contributed by atoms with Gasteiger partial charge in [0.15, 0.2) is 5.96 Å². The highest BCUT2D eigenvalue weighted by Crippen LogP contribution is 2.21. The van der Waals surface area contributed by atoms with Gasteiger partial charge in [0.25, 0.3) is 0 Å². The van der Waals surface area contributed by atoms with Crippen molar-refractivity contribution >= 4 is 22.8 Å². The lowest BCUT2D eigenvalue weighted by Crippen LogP contribution is -2.45. The maximum Gasteiger partial charge on any atom is 0.230 e. The van der Waals surface area contributed by atoms with E-state index >= 15 is 0 Å². The molecule has 0 spiro atoms.